The number of hydrogen-bond acceptors (Lipinski definition) is 6. The maximum Gasteiger partial charge on any atom is 0.339 e. The third-order valence-electron chi connectivity index (χ3n) is 5.10. The number of carbonyl (C=O) groups is 1. The molecule has 4 rings (SSSR count). The molecule has 0 saturated heterocycles. The van der Waals surface area contributed by atoms with Crippen molar-refractivity contribution in [1.29, 1.82) is 5.26 Å². The summed E-state index contributed by atoms with van der Waals surface area (Å²) >= 11 is 0. The van der Waals surface area contributed by atoms with Gasteiger partial charge in [0.05, 0.1) is 7.11 Å². The van der Waals surface area contributed by atoms with Crippen molar-refractivity contribution in [2.45, 2.75) is 4.90 Å². The molecule has 0 heterocycles. The van der Waals surface area contributed by atoms with Crippen LogP contribution in [0.1, 0.15) is 5.56 Å². The molecule has 0 unspecified atom stereocenters. The molecule has 0 aliphatic carbocycles. The third kappa shape index (κ3) is 5.66. The van der Waals surface area contributed by atoms with Crippen molar-refractivity contribution in [2.24, 2.45) is 0 Å². The minimum Gasteiger partial charge on any atom is -0.497 e. The molecule has 0 aliphatic heterocycles. The van der Waals surface area contributed by atoms with Crippen molar-refractivity contribution in [3.63, 3.8) is 0 Å². The molecule has 0 bridgehead atoms. The number of methoxy groups -OCH3 is 1. The van der Waals surface area contributed by atoms with Crippen LogP contribution in [-0.4, -0.2) is 21.4 Å². The zero-order valence-corrected chi connectivity index (χ0v) is 19.5. The maximum absolute atomic E-state index is 12.7. The zero-order valence-electron chi connectivity index (χ0n) is 18.6. The Morgan fingerprint density at radius 1 is 0.886 bits per heavy atom. The molecular formula is C27H20N2O5S. The van der Waals surface area contributed by atoms with Crippen LogP contribution in [0.5, 0.6) is 11.5 Å². The Kier molecular flexibility index (Phi) is 6.81. The number of nitriles is 1. The van der Waals surface area contributed by atoms with E-state index in [9.17, 15) is 18.5 Å². The van der Waals surface area contributed by atoms with Gasteiger partial charge in [0.1, 0.15) is 28.0 Å². The predicted octanol–water partition coefficient (Wildman–Crippen LogP) is 5.16. The molecule has 0 atom stereocenters. The van der Waals surface area contributed by atoms with E-state index in [1.54, 1.807) is 48.5 Å². The van der Waals surface area contributed by atoms with E-state index in [1.807, 2.05) is 30.3 Å². The van der Waals surface area contributed by atoms with Gasteiger partial charge in [0.2, 0.25) is 0 Å². The molecule has 7 nitrogen and oxygen atoms in total. The van der Waals surface area contributed by atoms with E-state index in [1.165, 1.54) is 31.4 Å². The van der Waals surface area contributed by atoms with Gasteiger partial charge in [0.25, 0.3) is 5.91 Å². The van der Waals surface area contributed by atoms with E-state index in [-0.39, 0.29) is 16.2 Å². The number of ether oxygens (including phenoxy) is 1. The van der Waals surface area contributed by atoms with E-state index >= 15 is 0 Å². The van der Waals surface area contributed by atoms with Gasteiger partial charge in [0, 0.05) is 11.8 Å². The first-order chi connectivity index (χ1) is 16.9. The van der Waals surface area contributed by atoms with Crippen LogP contribution in [0.4, 0.5) is 5.69 Å². The first kappa shape index (κ1) is 23.5. The summed E-state index contributed by atoms with van der Waals surface area (Å²) in [6.45, 7) is 0. The molecular weight excluding hydrogens is 464 g/mol. The lowest BCUT2D eigenvalue weighted by Gasteiger charge is -2.08. The summed E-state index contributed by atoms with van der Waals surface area (Å²) in [5.41, 5.74) is 0.890. The van der Waals surface area contributed by atoms with Crippen molar-refractivity contribution in [3.8, 4) is 17.6 Å². The SMILES string of the molecule is COc1cccc(NC(=O)/C(C#N)=C/c2ccc(OS(=O)(=O)c3ccc4ccccc4c3)cc2)c1. The summed E-state index contributed by atoms with van der Waals surface area (Å²) in [6, 6.07) is 26.9. The van der Waals surface area contributed by atoms with Crippen molar-refractivity contribution < 1.29 is 22.1 Å². The van der Waals surface area contributed by atoms with Crippen LogP contribution in [-0.2, 0) is 14.9 Å². The summed E-state index contributed by atoms with van der Waals surface area (Å²) in [5, 5.41) is 13.8. The number of nitrogens with one attached hydrogen (secondary N) is 1. The van der Waals surface area contributed by atoms with Crippen LogP contribution in [0.15, 0.2) is 101 Å². The average molecular weight is 485 g/mol. The van der Waals surface area contributed by atoms with Gasteiger partial charge in [-0.3, -0.25) is 4.79 Å². The number of hydrogen-bond donors (Lipinski definition) is 1. The first-order valence-corrected chi connectivity index (χ1v) is 11.9. The van der Waals surface area contributed by atoms with Gasteiger partial charge in [-0.05, 0) is 58.8 Å². The Balaban J connectivity index is 1.48. The van der Waals surface area contributed by atoms with Crippen molar-refractivity contribution in [3.05, 3.63) is 102 Å². The molecule has 0 aliphatic rings. The summed E-state index contributed by atoms with van der Waals surface area (Å²) in [5.74, 6) is 0.0918. The predicted molar refractivity (Wildman–Crippen MR) is 133 cm³/mol. The number of nitrogens with zero attached hydrogens (tertiary/aromatic N) is 1. The fraction of sp³-hybridized carbons (Fsp3) is 0.0370. The van der Waals surface area contributed by atoms with Crippen molar-refractivity contribution >= 4 is 38.6 Å². The molecule has 4 aromatic rings. The third-order valence-corrected chi connectivity index (χ3v) is 6.34. The van der Waals surface area contributed by atoms with Crippen LogP contribution in [0.2, 0.25) is 0 Å². The summed E-state index contributed by atoms with van der Waals surface area (Å²) < 4.78 is 35.8. The van der Waals surface area contributed by atoms with E-state index in [0.717, 1.165) is 10.8 Å². The second kappa shape index (κ2) is 10.1. The molecule has 0 radical (unpaired) electrons. The molecule has 174 valence electrons. The van der Waals surface area contributed by atoms with Gasteiger partial charge >= 0.3 is 10.1 Å². The Labute approximate surface area is 203 Å². The molecule has 4 aromatic carbocycles. The standard InChI is InChI=1S/C27H20N2O5S/c1-33-25-8-4-7-23(17-25)29-27(30)22(18-28)15-19-9-12-24(13-10-19)34-35(31,32)26-14-11-20-5-2-3-6-21(20)16-26/h2-17H,1H3,(H,29,30)/b22-15+. The number of rotatable bonds is 7. The number of anilines is 1. The van der Waals surface area contributed by atoms with Gasteiger partial charge < -0.3 is 14.2 Å². The van der Waals surface area contributed by atoms with Gasteiger partial charge in [-0.1, -0.05) is 48.5 Å². The van der Waals surface area contributed by atoms with Crippen molar-refractivity contribution in [2.75, 3.05) is 12.4 Å². The highest BCUT2D eigenvalue weighted by atomic mass is 32.2. The highest BCUT2D eigenvalue weighted by molar-refractivity contribution is 7.87. The fourth-order valence-corrected chi connectivity index (χ4v) is 4.30. The number of fused-ring (bicyclic) bond motifs is 1. The van der Waals surface area contributed by atoms with Gasteiger partial charge in [-0.2, -0.15) is 13.7 Å². The summed E-state index contributed by atoms with van der Waals surface area (Å²) in [6.07, 6.45) is 1.40. The van der Waals surface area contributed by atoms with E-state index < -0.39 is 16.0 Å². The topological polar surface area (TPSA) is 105 Å². The molecule has 1 N–H and O–H groups in total. The molecule has 8 heteroatoms. The lowest BCUT2D eigenvalue weighted by molar-refractivity contribution is -0.112. The average Bonchev–Trinajstić information content (AvgIpc) is 2.87. The van der Waals surface area contributed by atoms with E-state index in [0.29, 0.717) is 17.0 Å². The Morgan fingerprint density at radius 2 is 1.63 bits per heavy atom. The molecule has 0 saturated carbocycles. The number of amides is 1. The Bertz CT molecular complexity index is 1570. The van der Waals surface area contributed by atoms with Gasteiger partial charge in [-0.25, -0.2) is 0 Å². The van der Waals surface area contributed by atoms with E-state index in [4.69, 9.17) is 8.92 Å². The lowest BCUT2D eigenvalue weighted by atomic mass is 10.1. The molecule has 1 amide bonds. The number of carbonyl (C=O) groups excluding carboxylic acids is 1. The number of benzene rings is 4. The smallest absolute Gasteiger partial charge is 0.339 e. The summed E-state index contributed by atoms with van der Waals surface area (Å²) in [7, 11) is -2.53. The highest BCUT2D eigenvalue weighted by Gasteiger charge is 2.17. The maximum atomic E-state index is 12.7. The zero-order chi connectivity index (χ0) is 24.8. The molecule has 0 spiro atoms. The first-order valence-electron chi connectivity index (χ1n) is 10.5. The van der Waals surface area contributed by atoms with Crippen LogP contribution >= 0.6 is 0 Å². The van der Waals surface area contributed by atoms with Crippen LogP contribution in [0.3, 0.4) is 0 Å². The Morgan fingerprint density at radius 3 is 2.34 bits per heavy atom. The van der Waals surface area contributed by atoms with Gasteiger partial charge in [-0.15, -0.1) is 0 Å². The Hall–Kier alpha value is -4.61. The van der Waals surface area contributed by atoms with Crippen LogP contribution in [0, 0.1) is 11.3 Å². The highest BCUT2D eigenvalue weighted by Crippen LogP contribution is 2.24. The normalized spacial score (nSPS) is 11.5. The molecule has 35 heavy (non-hydrogen) atoms. The molecule has 0 aromatic heterocycles. The quantitative estimate of drug-likeness (QED) is 0.221. The second-order valence-corrected chi connectivity index (χ2v) is 9.02. The lowest BCUT2D eigenvalue weighted by Crippen LogP contribution is -2.13. The second-order valence-electron chi connectivity index (χ2n) is 7.47. The monoisotopic (exact) mass is 484 g/mol. The van der Waals surface area contributed by atoms with Gasteiger partial charge in [0.15, 0.2) is 0 Å². The van der Waals surface area contributed by atoms with Crippen LogP contribution in [0.25, 0.3) is 16.8 Å². The fourth-order valence-electron chi connectivity index (χ4n) is 3.33. The van der Waals surface area contributed by atoms with Crippen molar-refractivity contribution in [1.82, 2.24) is 0 Å². The van der Waals surface area contributed by atoms with E-state index in [2.05, 4.69) is 5.32 Å². The minimum atomic E-state index is -4.04. The molecule has 0 fully saturated rings. The van der Waals surface area contributed by atoms with Crippen LogP contribution < -0.4 is 14.2 Å². The largest absolute Gasteiger partial charge is 0.497 e. The minimum absolute atomic E-state index is 0.0427. The summed E-state index contributed by atoms with van der Waals surface area (Å²) in [4.78, 5) is 12.5.